The number of aromatic nitrogens is 5. The third-order valence-corrected chi connectivity index (χ3v) is 3.04. The Bertz CT molecular complexity index is 780. The van der Waals surface area contributed by atoms with Gasteiger partial charge in [-0.05, 0) is 0 Å². The number of nitrogens with zero attached hydrogens (tertiary/aromatic N) is 5. The number of hydrogen-bond donors (Lipinski definition) is 2. The molecule has 108 valence electrons. The highest BCUT2D eigenvalue weighted by molar-refractivity contribution is 6.03. The zero-order valence-corrected chi connectivity index (χ0v) is 11.1. The third kappa shape index (κ3) is 2.40. The highest BCUT2D eigenvalue weighted by Gasteiger charge is 2.16. The molecule has 9 heteroatoms. The standard InChI is InChI=1S/C12H12N6O3/c1-18-11-7(5-16-18)10(8(4-14-11)12(19)20)13-3-2-9-15-6-17-21-9/h4-6H,2-3H2,1H3,(H,13,14)(H,19,20). The lowest BCUT2D eigenvalue weighted by molar-refractivity contribution is 0.0697. The van der Waals surface area contributed by atoms with Gasteiger partial charge >= 0.3 is 5.97 Å². The van der Waals surface area contributed by atoms with Gasteiger partial charge in [-0.1, -0.05) is 5.16 Å². The second-order valence-electron chi connectivity index (χ2n) is 4.37. The summed E-state index contributed by atoms with van der Waals surface area (Å²) in [6.07, 6.45) is 4.72. The van der Waals surface area contributed by atoms with E-state index in [9.17, 15) is 9.90 Å². The average Bonchev–Trinajstić information content (AvgIpc) is 3.09. The molecule has 0 fully saturated rings. The first-order valence-electron chi connectivity index (χ1n) is 6.20. The zero-order chi connectivity index (χ0) is 14.8. The van der Waals surface area contributed by atoms with Crippen LogP contribution in [0.1, 0.15) is 16.2 Å². The van der Waals surface area contributed by atoms with Gasteiger partial charge < -0.3 is 14.9 Å². The molecule has 21 heavy (non-hydrogen) atoms. The SMILES string of the molecule is Cn1ncc2c(NCCc3ncno3)c(C(=O)O)cnc21. The van der Waals surface area contributed by atoms with Crippen LogP contribution in [0.5, 0.6) is 0 Å². The molecule has 0 saturated carbocycles. The van der Waals surface area contributed by atoms with Gasteiger partial charge in [0.1, 0.15) is 5.56 Å². The van der Waals surface area contributed by atoms with Crippen LogP contribution in [-0.2, 0) is 13.5 Å². The average molecular weight is 288 g/mol. The van der Waals surface area contributed by atoms with E-state index in [0.29, 0.717) is 35.6 Å². The van der Waals surface area contributed by atoms with E-state index in [2.05, 4.69) is 25.5 Å². The maximum absolute atomic E-state index is 11.3. The van der Waals surface area contributed by atoms with Crippen LogP contribution in [-0.4, -0.2) is 42.5 Å². The number of carboxylic acid groups (broad SMARTS) is 1. The van der Waals surface area contributed by atoms with Crippen molar-refractivity contribution in [2.24, 2.45) is 7.05 Å². The number of aromatic carboxylic acids is 1. The topological polar surface area (TPSA) is 119 Å². The van der Waals surface area contributed by atoms with Gasteiger partial charge in [0, 0.05) is 26.2 Å². The van der Waals surface area contributed by atoms with E-state index in [1.54, 1.807) is 17.9 Å². The highest BCUT2D eigenvalue weighted by Crippen LogP contribution is 2.25. The molecule has 0 bridgehead atoms. The number of fused-ring (bicyclic) bond motifs is 1. The van der Waals surface area contributed by atoms with Gasteiger partial charge in [-0.2, -0.15) is 10.1 Å². The van der Waals surface area contributed by atoms with Crippen molar-refractivity contribution in [2.45, 2.75) is 6.42 Å². The minimum Gasteiger partial charge on any atom is -0.478 e. The Morgan fingerprint density at radius 1 is 1.43 bits per heavy atom. The van der Waals surface area contributed by atoms with Crippen molar-refractivity contribution in [3.8, 4) is 0 Å². The molecule has 0 amide bonds. The summed E-state index contributed by atoms with van der Waals surface area (Å²) in [5.41, 5.74) is 1.20. The summed E-state index contributed by atoms with van der Waals surface area (Å²) >= 11 is 0. The fraction of sp³-hybridized carbons (Fsp3) is 0.250. The first-order chi connectivity index (χ1) is 10.2. The summed E-state index contributed by atoms with van der Waals surface area (Å²) < 4.78 is 6.48. The van der Waals surface area contributed by atoms with E-state index in [0.717, 1.165) is 0 Å². The van der Waals surface area contributed by atoms with Crippen LogP contribution in [0.15, 0.2) is 23.2 Å². The van der Waals surface area contributed by atoms with Gasteiger partial charge in [0.25, 0.3) is 0 Å². The normalized spacial score (nSPS) is 10.9. The summed E-state index contributed by atoms with van der Waals surface area (Å²) in [6.45, 7) is 0.455. The van der Waals surface area contributed by atoms with Crippen molar-refractivity contribution in [1.82, 2.24) is 24.9 Å². The lowest BCUT2D eigenvalue weighted by Crippen LogP contribution is -2.11. The Morgan fingerprint density at radius 3 is 3.00 bits per heavy atom. The zero-order valence-electron chi connectivity index (χ0n) is 11.1. The fourth-order valence-electron chi connectivity index (χ4n) is 2.05. The molecule has 0 saturated heterocycles. The largest absolute Gasteiger partial charge is 0.478 e. The van der Waals surface area contributed by atoms with Crippen LogP contribution < -0.4 is 5.32 Å². The van der Waals surface area contributed by atoms with Gasteiger partial charge in [0.05, 0.1) is 17.3 Å². The number of rotatable bonds is 5. The number of carbonyl (C=O) groups is 1. The number of aryl methyl sites for hydroxylation is 1. The Hall–Kier alpha value is -2.97. The molecule has 0 radical (unpaired) electrons. The molecule has 0 spiro atoms. The summed E-state index contributed by atoms with van der Waals surface area (Å²) in [6, 6.07) is 0. The molecule has 3 rings (SSSR count). The molecule has 0 aliphatic rings. The predicted molar refractivity (Wildman–Crippen MR) is 72.0 cm³/mol. The van der Waals surface area contributed by atoms with Crippen molar-refractivity contribution >= 4 is 22.7 Å². The summed E-state index contributed by atoms with van der Waals surface area (Å²) in [4.78, 5) is 19.3. The van der Waals surface area contributed by atoms with Crippen LogP contribution >= 0.6 is 0 Å². The smallest absolute Gasteiger partial charge is 0.339 e. The predicted octanol–water partition coefficient (Wildman–Crippen LogP) is 0.704. The van der Waals surface area contributed by atoms with Crippen LogP contribution in [0.3, 0.4) is 0 Å². The number of anilines is 1. The van der Waals surface area contributed by atoms with Crippen LogP contribution in [0, 0.1) is 0 Å². The minimum atomic E-state index is -1.05. The lowest BCUT2D eigenvalue weighted by Gasteiger charge is -2.09. The van der Waals surface area contributed by atoms with Gasteiger partial charge in [-0.3, -0.25) is 4.68 Å². The summed E-state index contributed by atoms with van der Waals surface area (Å²) in [5.74, 6) is -0.565. The monoisotopic (exact) mass is 288 g/mol. The van der Waals surface area contributed by atoms with E-state index in [-0.39, 0.29) is 5.56 Å². The second-order valence-corrected chi connectivity index (χ2v) is 4.37. The Balaban J connectivity index is 1.90. The van der Waals surface area contributed by atoms with Crippen molar-refractivity contribution in [3.63, 3.8) is 0 Å². The molecule has 3 aromatic heterocycles. The molecular formula is C12H12N6O3. The molecule has 0 aliphatic carbocycles. The van der Waals surface area contributed by atoms with Gasteiger partial charge in [0.15, 0.2) is 12.0 Å². The lowest BCUT2D eigenvalue weighted by atomic mass is 10.2. The molecule has 9 nitrogen and oxygen atoms in total. The van der Waals surface area contributed by atoms with Gasteiger partial charge in [-0.15, -0.1) is 0 Å². The molecule has 0 aliphatic heterocycles. The maximum Gasteiger partial charge on any atom is 0.339 e. The Morgan fingerprint density at radius 2 is 2.29 bits per heavy atom. The van der Waals surface area contributed by atoms with Gasteiger partial charge in [-0.25, -0.2) is 9.78 Å². The Labute approximate surface area is 118 Å². The van der Waals surface area contributed by atoms with E-state index in [4.69, 9.17) is 4.52 Å². The number of carboxylic acids is 1. The number of nitrogens with one attached hydrogen (secondary N) is 1. The molecule has 3 aromatic rings. The molecule has 2 N–H and O–H groups in total. The minimum absolute atomic E-state index is 0.0982. The fourth-order valence-corrected chi connectivity index (χ4v) is 2.05. The third-order valence-electron chi connectivity index (χ3n) is 3.04. The van der Waals surface area contributed by atoms with E-state index >= 15 is 0 Å². The highest BCUT2D eigenvalue weighted by atomic mass is 16.5. The second kappa shape index (κ2) is 5.19. The first kappa shape index (κ1) is 13.0. The van der Waals surface area contributed by atoms with Crippen LogP contribution in [0.25, 0.3) is 11.0 Å². The molecule has 0 aromatic carbocycles. The maximum atomic E-state index is 11.3. The molecule has 0 atom stereocenters. The van der Waals surface area contributed by atoms with Crippen molar-refractivity contribution in [3.05, 3.63) is 30.2 Å². The first-order valence-corrected chi connectivity index (χ1v) is 6.20. The summed E-state index contributed by atoms with van der Waals surface area (Å²) in [7, 11) is 1.75. The number of pyridine rings is 1. The van der Waals surface area contributed by atoms with Crippen molar-refractivity contribution in [1.29, 1.82) is 0 Å². The quantitative estimate of drug-likeness (QED) is 0.704. The van der Waals surface area contributed by atoms with Crippen molar-refractivity contribution in [2.75, 3.05) is 11.9 Å². The Kier molecular flexibility index (Phi) is 3.22. The van der Waals surface area contributed by atoms with Crippen molar-refractivity contribution < 1.29 is 14.4 Å². The molecular weight excluding hydrogens is 276 g/mol. The summed E-state index contributed by atoms with van der Waals surface area (Å²) in [5, 5.41) is 20.6. The van der Waals surface area contributed by atoms with Crippen LogP contribution in [0.4, 0.5) is 5.69 Å². The molecule has 3 heterocycles. The number of hydrogen-bond acceptors (Lipinski definition) is 7. The van der Waals surface area contributed by atoms with Crippen LogP contribution in [0.2, 0.25) is 0 Å². The van der Waals surface area contributed by atoms with Gasteiger partial charge in [0.2, 0.25) is 5.89 Å². The molecule has 0 unspecified atom stereocenters. The van der Waals surface area contributed by atoms with E-state index in [1.807, 2.05) is 0 Å². The van der Waals surface area contributed by atoms with E-state index < -0.39 is 5.97 Å². The van der Waals surface area contributed by atoms with E-state index in [1.165, 1.54) is 12.5 Å².